The molecule has 0 amide bonds. The van der Waals surface area contributed by atoms with Crippen LogP contribution in [0.4, 0.5) is 5.69 Å². The minimum atomic E-state index is 0.731. The normalized spacial score (nSPS) is 11.2. The standard InChI is InChI=1S/C21H23NO/c1-15-8-6-9-18(13-15)14-16(2)12-17(3)19-10-7-11-20(23-5)21(19)22-4/h6-13H,2,4,14H2,1,3,5H3/b17-12+. The SMILES string of the molecule is C=Nc1c(OC)cccc1/C(C)=C/C(=C)Cc1cccc(C)c1. The molecule has 0 aliphatic carbocycles. The van der Waals surface area contributed by atoms with Gasteiger partial charge in [0.25, 0.3) is 0 Å². The van der Waals surface area contributed by atoms with Gasteiger partial charge in [-0.3, -0.25) is 4.99 Å². The van der Waals surface area contributed by atoms with E-state index in [0.717, 1.165) is 34.6 Å². The zero-order valence-corrected chi connectivity index (χ0v) is 14.1. The fraction of sp³-hybridized carbons (Fsp3) is 0.190. The molecule has 23 heavy (non-hydrogen) atoms. The first-order chi connectivity index (χ1) is 11.0. The smallest absolute Gasteiger partial charge is 0.145 e. The van der Waals surface area contributed by atoms with Gasteiger partial charge in [0.2, 0.25) is 0 Å². The molecule has 0 fully saturated rings. The Morgan fingerprint density at radius 2 is 1.96 bits per heavy atom. The summed E-state index contributed by atoms with van der Waals surface area (Å²) >= 11 is 0. The molecule has 0 atom stereocenters. The molecule has 2 aromatic rings. The molecule has 0 heterocycles. The largest absolute Gasteiger partial charge is 0.494 e. The summed E-state index contributed by atoms with van der Waals surface area (Å²) in [6, 6.07) is 14.4. The van der Waals surface area contributed by atoms with E-state index in [1.54, 1.807) is 7.11 Å². The number of allylic oxidation sites excluding steroid dienone is 3. The van der Waals surface area contributed by atoms with Crippen molar-refractivity contribution in [2.24, 2.45) is 4.99 Å². The van der Waals surface area contributed by atoms with Gasteiger partial charge in [0.05, 0.1) is 7.11 Å². The van der Waals surface area contributed by atoms with Crippen molar-refractivity contribution in [3.63, 3.8) is 0 Å². The number of para-hydroxylation sites is 1. The summed E-state index contributed by atoms with van der Waals surface area (Å²) in [6.45, 7) is 12.0. The van der Waals surface area contributed by atoms with Crippen molar-refractivity contribution in [2.75, 3.05) is 7.11 Å². The van der Waals surface area contributed by atoms with Gasteiger partial charge >= 0.3 is 0 Å². The zero-order valence-electron chi connectivity index (χ0n) is 14.1. The first-order valence-electron chi connectivity index (χ1n) is 7.61. The van der Waals surface area contributed by atoms with E-state index in [-0.39, 0.29) is 0 Å². The fourth-order valence-electron chi connectivity index (χ4n) is 2.69. The van der Waals surface area contributed by atoms with Crippen LogP contribution in [0.25, 0.3) is 5.57 Å². The molecule has 0 bridgehead atoms. The Morgan fingerprint density at radius 1 is 1.22 bits per heavy atom. The van der Waals surface area contributed by atoms with Crippen molar-refractivity contribution in [2.45, 2.75) is 20.3 Å². The Hall–Kier alpha value is -2.61. The first kappa shape index (κ1) is 16.8. The van der Waals surface area contributed by atoms with Crippen LogP contribution in [0.1, 0.15) is 23.6 Å². The van der Waals surface area contributed by atoms with E-state index in [0.29, 0.717) is 0 Å². The van der Waals surface area contributed by atoms with E-state index < -0.39 is 0 Å². The number of hydrogen-bond acceptors (Lipinski definition) is 2. The monoisotopic (exact) mass is 305 g/mol. The minimum Gasteiger partial charge on any atom is -0.494 e. The van der Waals surface area contributed by atoms with Gasteiger partial charge in [-0.25, -0.2) is 0 Å². The molecule has 2 nitrogen and oxygen atoms in total. The van der Waals surface area contributed by atoms with Crippen LogP contribution in [0.2, 0.25) is 0 Å². The van der Waals surface area contributed by atoms with E-state index in [2.05, 4.69) is 62.5 Å². The van der Waals surface area contributed by atoms with Crippen molar-refractivity contribution >= 4 is 18.0 Å². The van der Waals surface area contributed by atoms with Crippen LogP contribution in [-0.4, -0.2) is 13.8 Å². The van der Waals surface area contributed by atoms with Gasteiger partial charge in [0, 0.05) is 5.56 Å². The summed E-state index contributed by atoms with van der Waals surface area (Å²) in [7, 11) is 1.64. The molecule has 2 aromatic carbocycles. The number of nitrogens with zero attached hydrogens (tertiary/aromatic N) is 1. The minimum absolute atomic E-state index is 0.731. The highest BCUT2D eigenvalue weighted by Crippen LogP contribution is 2.35. The summed E-state index contributed by atoms with van der Waals surface area (Å²) in [5.74, 6) is 0.731. The predicted octanol–water partition coefficient (Wildman–Crippen LogP) is 5.54. The number of rotatable bonds is 6. The lowest BCUT2D eigenvalue weighted by Crippen LogP contribution is -1.91. The second-order valence-electron chi connectivity index (χ2n) is 5.67. The molecule has 2 heteroatoms. The lowest BCUT2D eigenvalue weighted by Gasteiger charge is -2.11. The summed E-state index contributed by atoms with van der Waals surface area (Å²) in [6.07, 6.45) is 2.94. The molecule has 0 unspecified atom stereocenters. The molecule has 0 spiro atoms. The van der Waals surface area contributed by atoms with Crippen LogP contribution < -0.4 is 4.74 Å². The molecule has 0 saturated heterocycles. The maximum absolute atomic E-state index is 5.36. The van der Waals surface area contributed by atoms with E-state index in [4.69, 9.17) is 4.74 Å². The van der Waals surface area contributed by atoms with Gasteiger partial charge in [-0.15, -0.1) is 0 Å². The van der Waals surface area contributed by atoms with Crippen LogP contribution in [0.15, 0.2) is 65.7 Å². The predicted molar refractivity (Wildman–Crippen MR) is 99.9 cm³/mol. The molecular weight excluding hydrogens is 282 g/mol. The van der Waals surface area contributed by atoms with Crippen LogP contribution in [0.5, 0.6) is 5.75 Å². The van der Waals surface area contributed by atoms with Crippen molar-refractivity contribution in [3.8, 4) is 5.75 Å². The first-order valence-corrected chi connectivity index (χ1v) is 7.61. The number of methoxy groups -OCH3 is 1. The third-order valence-corrected chi connectivity index (χ3v) is 3.74. The lowest BCUT2D eigenvalue weighted by molar-refractivity contribution is 0.416. The number of ether oxygens (including phenoxy) is 1. The number of aryl methyl sites for hydroxylation is 1. The van der Waals surface area contributed by atoms with Crippen LogP contribution >= 0.6 is 0 Å². The van der Waals surface area contributed by atoms with Crippen LogP contribution in [-0.2, 0) is 6.42 Å². The summed E-state index contributed by atoms with van der Waals surface area (Å²) in [4.78, 5) is 4.12. The van der Waals surface area contributed by atoms with Crippen molar-refractivity contribution < 1.29 is 4.74 Å². The molecule has 0 aromatic heterocycles. The van der Waals surface area contributed by atoms with Gasteiger partial charge in [0.15, 0.2) is 0 Å². The molecular formula is C21H23NO. The Labute approximate surface area is 138 Å². The molecule has 0 aliphatic rings. The van der Waals surface area contributed by atoms with Gasteiger partial charge in [-0.05, 0) is 44.2 Å². The fourth-order valence-corrected chi connectivity index (χ4v) is 2.69. The van der Waals surface area contributed by atoms with E-state index >= 15 is 0 Å². The van der Waals surface area contributed by atoms with Crippen molar-refractivity contribution in [1.29, 1.82) is 0 Å². The third-order valence-electron chi connectivity index (χ3n) is 3.74. The summed E-state index contributed by atoms with van der Waals surface area (Å²) in [5.41, 5.74) is 6.49. The zero-order chi connectivity index (χ0) is 16.8. The number of hydrogen-bond donors (Lipinski definition) is 0. The molecule has 2 rings (SSSR count). The highest BCUT2D eigenvalue weighted by atomic mass is 16.5. The maximum atomic E-state index is 5.36. The summed E-state index contributed by atoms with van der Waals surface area (Å²) < 4.78 is 5.36. The lowest BCUT2D eigenvalue weighted by atomic mass is 9.99. The second-order valence-corrected chi connectivity index (χ2v) is 5.67. The van der Waals surface area contributed by atoms with Gasteiger partial charge in [-0.2, -0.15) is 0 Å². The van der Waals surface area contributed by atoms with Crippen molar-refractivity contribution in [3.05, 3.63) is 77.4 Å². The Balaban J connectivity index is 2.26. The number of benzene rings is 2. The second kappa shape index (κ2) is 7.59. The molecule has 0 N–H and O–H groups in total. The Kier molecular flexibility index (Phi) is 5.53. The van der Waals surface area contributed by atoms with Gasteiger partial charge in [-0.1, -0.05) is 60.2 Å². The maximum Gasteiger partial charge on any atom is 0.145 e. The molecule has 0 saturated carbocycles. The highest BCUT2D eigenvalue weighted by molar-refractivity contribution is 5.79. The Bertz CT molecular complexity index is 756. The van der Waals surface area contributed by atoms with E-state index in [1.807, 2.05) is 18.2 Å². The van der Waals surface area contributed by atoms with E-state index in [9.17, 15) is 0 Å². The third kappa shape index (κ3) is 4.19. The molecule has 118 valence electrons. The Morgan fingerprint density at radius 3 is 2.61 bits per heavy atom. The highest BCUT2D eigenvalue weighted by Gasteiger charge is 2.09. The quantitative estimate of drug-likeness (QED) is 0.507. The average molecular weight is 305 g/mol. The topological polar surface area (TPSA) is 21.6 Å². The van der Waals surface area contributed by atoms with Gasteiger partial charge < -0.3 is 4.74 Å². The van der Waals surface area contributed by atoms with Crippen molar-refractivity contribution in [1.82, 2.24) is 0 Å². The van der Waals surface area contributed by atoms with Crippen LogP contribution in [0, 0.1) is 6.92 Å². The molecule has 0 aliphatic heterocycles. The average Bonchev–Trinajstić information content (AvgIpc) is 2.53. The molecule has 0 radical (unpaired) electrons. The van der Waals surface area contributed by atoms with Crippen LogP contribution in [0.3, 0.4) is 0 Å². The van der Waals surface area contributed by atoms with Gasteiger partial charge in [0.1, 0.15) is 11.4 Å². The van der Waals surface area contributed by atoms with E-state index in [1.165, 1.54) is 11.1 Å². The number of aliphatic imine (C=N–C) groups is 1. The summed E-state index contributed by atoms with van der Waals surface area (Å²) in [5, 5.41) is 0.